The smallest absolute Gasteiger partial charge is 0.225 e. The summed E-state index contributed by atoms with van der Waals surface area (Å²) in [6.45, 7) is 6.90. The lowest BCUT2D eigenvalue weighted by Crippen LogP contribution is -2.06. The highest BCUT2D eigenvalue weighted by molar-refractivity contribution is 5.58. The Labute approximate surface area is 172 Å². The topological polar surface area (TPSA) is 68.3 Å². The lowest BCUT2D eigenvalue weighted by Gasteiger charge is -2.12. The van der Waals surface area contributed by atoms with Crippen molar-refractivity contribution in [3.63, 3.8) is 0 Å². The predicted octanol–water partition coefficient (Wildman–Crippen LogP) is 5.28. The molecule has 1 aromatic heterocycles. The van der Waals surface area contributed by atoms with Gasteiger partial charge in [0.25, 0.3) is 0 Å². The lowest BCUT2D eigenvalue weighted by atomic mass is 10.0. The number of hydrogen-bond acceptors (Lipinski definition) is 6. The molecule has 0 aliphatic rings. The fraction of sp³-hybridized carbons (Fsp3) is 0.304. The molecule has 3 aromatic rings. The zero-order chi connectivity index (χ0) is 20.8. The van der Waals surface area contributed by atoms with Crippen LogP contribution in [0.3, 0.4) is 0 Å². The van der Waals surface area contributed by atoms with Crippen molar-refractivity contribution in [2.75, 3.05) is 24.9 Å². The van der Waals surface area contributed by atoms with Crippen LogP contribution in [-0.2, 0) is 6.54 Å². The molecule has 3 rings (SSSR count). The lowest BCUT2D eigenvalue weighted by molar-refractivity contribution is 0.354. The zero-order valence-corrected chi connectivity index (χ0v) is 17.6. The van der Waals surface area contributed by atoms with Gasteiger partial charge in [0.1, 0.15) is 5.82 Å². The molecule has 2 aromatic carbocycles. The molecular weight excluding hydrogens is 364 g/mol. The second kappa shape index (κ2) is 9.28. The van der Waals surface area contributed by atoms with Crippen molar-refractivity contribution in [3.05, 3.63) is 65.4 Å². The van der Waals surface area contributed by atoms with Gasteiger partial charge in [-0.15, -0.1) is 0 Å². The van der Waals surface area contributed by atoms with E-state index >= 15 is 0 Å². The summed E-state index contributed by atoms with van der Waals surface area (Å²) in [5, 5.41) is 6.64. The molecule has 0 radical (unpaired) electrons. The second-order valence-electron chi connectivity index (χ2n) is 7.16. The summed E-state index contributed by atoms with van der Waals surface area (Å²) in [6, 6.07) is 16.2. The first-order valence-electron chi connectivity index (χ1n) is 9.66. The number of hydrogen-bond donors (Lipinski definition) is 2. The molecule has 0 fully saturated rings. The molecule has 2 N–H and O–H groups in total. The van der Waals surface area contributed by atoms with Gasteiger partial charge in [-0.05, 0) is 48.2 Å². The third-order valence-electron chi connectivity index (χ3n) is 4.60. The molecule has 6 heteroatoms. The van der Waals surface area contributed by atoms with E-state index in [0.29, 0.717) is 29.9 Å². The summed E-state index contributed by atoms with van der Waals surface area (Å²) in [7, 11) is 3.26. The average molecular weight is 393 g/mol. The van der Waals surface area contributed by atoms with Gasteiger partial charge in [-0.2, -0.15) is 4.98 Å². The van der Waals surface area contributed by atoms with Crippen LogP contribution in [0.4, 0.5) is 17.5 Å². The van der Waals surface area contributed by atoms with Crippen molar-refractivity contribution in [1.29, 1.82) is 0 Å². The van der Waals surface area contributed by atoms with Crippen molar-refractivity contribution >= 4 is 17.5 Å². The highest BCUT2D eigenvalue weighted by atomic mass is 16.5. The second-order valence-corrected chi connectivity index (χ2v) is 7.16. The van der Waals surface area contributed by atoms with Crippen LogP contribution in [-0.4, -0.2) is 24.2 Å². The maximum Gasteiger partial charge on any atom is 0.225 e. The normalized spacial score (nSPS) is 10.7. The molecule has 0 saturated carbocycles. The summed E-state index contributed by atoms with van der Waals surface area (Å²) in [4.78, 5) is 9.07. The van der Waals surface area contributed by atoms with Gasteiger partial charge in [0.05, 0.1) is 14.2 Å². The molecule has 0 aliphatic carbocycles. The molecule has 6 nitrogen and oxygen atoms in total. The van der Waals surface area contributed by atoms with Gasteiger partial charge < -0.3 is 20.1 Å². The Morgan fingerprint density at radius 1 is 0.897 bits per heavy atom. The van der Waals surface area contributed by atoms with Crippen LogP contribution in [0.25, 0.3) is 0 Å². The van der Waals surface area contributed by atoms with E-state index in [-0.39, 0.29) is 0 Å². The van der Waals surface area contributed by atoms with Crippen molar-refractivity contribution < 1.29 is 9.47 Å². The maximum atomic E-state index is 5.36. The predicted molar refractivity (Wildman–Crippen MR) is 117 cm³/mol. The van der Waals surface area contributed by atoms with Gasteiger partial charge in [0.15, 0.2) is 11.5 Å². The van der Waals surface area contributed by atoms with Gasteiger partial charge in [0.2, 0.25) is 5.95 Å². The minimum absolute atomic E-state index is 0.512. The van der Waals surface area contributed by atoms with E-state index in [9.17, 15) is 0 Å². The van der Waals surface area contributed by atoms with E-state index in [0.717, 1.165) is 22.8 Å². The largest absolute Gasteiger partial charge is 0.493 e. The fourth-order valence-electron chi connectivity index (χ4n) is 2.98. The number of anilines is 3. The van der Waals surface area contributed by atoms with Gasteiger partial charge in [-0.25, -0.2) is 4.98 Å². The number of benzene rings is 2. The summed E-state index contributed by atoms with van der Waals surface area (Å²) in [5.41, 5.74) is 4.24. The Morgan fingerprint density at radius 3 is 2.28 bits per heavy atom. The SMILES string of the molecule is COc1ccc(CNc2nc(C)cc(Nc3ccc(C(C)C)cc3)n2)cc1OC. The van der Waals surface area contributed by atoms with Crippen LogP contribution in [0.2, 0.25) is 0 Å². The van der Waals surface area contributed by atoms with E-state index < -0.39 is 0 Å². The molecular formula is C23H28N4O2. The average Bonchev–Trinajstić information content (AvgIpc) is 2.72. The Bertz CT molecular complexity index is 956. The minimum Gasteiger partial charge on any atom is -0.493 e. The molecule has 0 atom stereocenters. The van der Waals surface area contributed by atoms with E-state index in [4.69, 9.17) is 9.47 Å². The Morgan fingerprint density at radius 2 is 1.62 bits per heavy atom. The quantitative estimate of drug-likeness (QED) is 0.543. The van der Waals surface area contributed by atoms with Crippen LogP contribution in [0, 0.1) is 6.92 Å². The van der Waals surface area contributed by atoms with E-state index in [1.807, 2.05) is 31.2 Å². The first kappa shape index (κ1) is 20.5. The number of aromatic nitrogens is 2. The Balaban J connectivity index is 1.70. The van der Waals surface area contributed by atoms with Gasteiger partial charge in [-0.1, -0.05) is 32.0 Å². The monoisotopic (exact) mass is 392 g/mol. The first-order chi connectivity index (χ1) is 14.0. The summed E-state index contributed by atoms with van der Waals surface area (Å²) in [5.74, 6) is 3.24. The molecule has 0 bridgehead atoms. The molecule has 152 valence electrons. The van der Waals surface area contributed by atoms with Crippen LogP contribution < -0.4 is 20.1 Å². The van der Waals surface area contributed by atoms with Gasteiger partial charge in [-0.3, -0.25) is 0 Å². The van der Waals surface area contributed by atoms with Crippen LogP contribution in [0.1, 0.15) is 36.6 Å². The zero-order valence-electron chi connectivity index (χ0n) is 17.6. The fourth-order valence-corrected chi connectivity index (χ4v) is 2.98. The van der Waals surface area contributed by atoms with Crippen LogP contribution >= 0.6 is 0 Å². The molecule has 0 unspecified atom stereocenters. The minimum atomic E-state index is 0.512. The maximum absolute atomic E-state index is 5.36. The number of methoxy groups -OCH3 is 2. The molecule has 1 heterocycles. The molecule has 29 heavy (non-hydrogen) atoms. The number of nitrogens with zero attached hydrogens (tertiary/aromatic N) is 2. The molecule has 0 saturated heterocycles. The summed E-state index contributed by atoms with van der Waals surface area (Å²) < 4.78 is 10.6. The Hall–Kier alpha value is -3.28. The number of rotatable bonds is 8. The number of nitrogens with one attached hydrogen (secondary N) is 2. The first-order valence-corrected chi connectivity index (χ1v) is 9.66. The Kier molecular flexibility index (Phi) is 6.54. The third-order valence-corrected chi connectivity index (χ3v) is 4.60. The van der Waals surface area contributed by atoms with E-state index in [1.165, 1.54) is 5.56 Å². The van der Waals surface area contributed by atoms with Crippen LogP contribution in [0.5, 0.6) is 11.5 Å². The number of aryl methyl sites for hydroxylation is 1. The van der Waals surface area contributed by atoms with Crippen molar-refractivity contribution in [2.45, 2.75) is 33.2 Å². The van der Waals surface area contributed by atoms with Crippen molar-refractivity contribution in [2.24, 2.45) is 0 Å². The highest BCUT2D eigenvalue weighted by Crippen LogP contribution is 2.28. The van der Waals surface area contributed by atoms with Gasteiger partial charge >= 0.3 is 0 Å². The molecule has 0 aliphatic heterocycles. The number of ether oxygens (including phenoxy) is 2. The van der Waals surface area contributed by atoms with E-state index in [2.05, 4.69) is 58.7 Å². The summed E-state index contributed by atoms with van der Waals surface area (Å²) >= 11 is 0. The van der Waals surface area contributed by atoms with E-state index in [1.54, 1.807) is 14.2 Å². The molecule has 0 spiro atoms. The van der Waals surface area contributed by atoms with Crippen molar-refractivity contribution in [1.82, 2.24) is 9.97 Å². The van der Waals surface area contributed by atoms with Crippen molar-refractivity contribution in [3.8, 4) is 11.5 Å². The molecule has 0 amide bonds. The highest BCUT2D eigenvalue weighted by Gasteiger charge is 2.07. The van der Waals surface area contributed by atoms with Crippen LogP contribution in [0.15, 0.2) is 48.5 Å². The van der Waals surface area contributed by atoms with Gasteiger partial charge in [0, 0.05) is 24.0 Å². The standard InChI is InChI=1S/C23H28N4O2/c1-15(2)18-7-9-19(10-8-18)26-22-12-16(3)25-23(27-22)24-14-17-6-11-20(28-4)21(13-17)29-5/h6-13,15H,14H2,1-5H3,(H2,24,25,26,27). The third kappa shape index (κ3) is 5.38. The summed E-state index contributed by atoms with van der Waals surface area (Å²) in [6.07, 6.45) is 0.